The molecule has 5 nitrogen and oxygen atoms in total. The molecule has 0 bridgehead atoms. The van der Waals surface area contributed by atoms with Gasteiger partial charge in [-0.15, -0.1) is 0 Å². The van der Waals surface area contributed by atoms with E-state index >= 15 is 0 Å². The van der Waals surface area contributed by atoms with E-state index in [1.165, 1.54) is 32.4 Å². The van der Waals surface area contributed by atoms with Crippen LogP contribution in [0.1, 0.15) is 39.0 Å². The largest absolute Gasteiger partial charge is 0.364 e. The monoisotopic (exact) mass is 255 g/mol. The first-order chi connectivity index (χ1) is 8.72. The van der Waals surface area contributed by atoms with Crippen LogP contribution in [0.5, 0.6) is 0 Å². The smallest absolute Gasteiger partial charge is 0.263 e. The van der Waals surface area contributed by atoms with Gasteiger partial charge in [0.05, 0.1) is 6.10 Å². The highest BCUT2D eigenvalue weighted by Gasteiger charge is 2.31. The summed E-state index contributed by atoms with van der Waals surface area (Å²) in [6, 6.07) is 0. The van der Waals surface area contributed by atoms with Crippen molar-refractivity contribution in [2.24, 2.45) is 11.8 Å². The molecule has 0 spiro atoms. The number of amides is 1. The topological polar surface area (TPSA) is 67.6 Å². The summed E-state index contributed by atoms with van der Waals surface area (Å²) < 4.78 is 5.74. The molecule has 2 unspecified atom stereocenters. The van der Waals surface area contributed by atoms with Crippen LogP contribution in [-0.4, -0.2) is 42.6 Å². The molecule has 2 rings (SSSR count). The molecule has 5 heteroatoms. The summed E-state index contributed by atoms with van der Waals surface area (Å²) in [5.74, 6) is 5.83. The highest BCUT2D eigenvalue weighted by atomic mass is 16.5. The Morgan fingerprint density at radius 1 is 1.33 bits per heavy atom. The molecule has 104 valence electrons. The zero-order chi connectivity index (χ0) is 13.0. The normalized spacial score (nSPS) is 30.6. The molecule has 2 atom stereocenters. The van der Waals surface area contributed by atoms with E-state index in [-0.39, 0.29) is 18.1 Å². The van der Waals surface area contributed by atoms with Gasteiger partial charge in [0, 0.05) is 6.54 Å². The Hall–Kier alpha value is -0.650. The molecule has 0 aromatic heterocycles. The number of rotatable bonds is 4. The van der Waals surface area contributed by atoms with Gasteiger partial charge >= 0.3 is 0 Å². The number of carbonyl (C=O) groups excluding carboxylic acids is 1. The van der Waals surface area contributed by atoms with Crippen molar-refractivity contribution in [3.8, 4) is 0 Å². The Bertz CT molecular complexity index is 277. The Labute approximate surface area is 109 Å². The van der Waals surface area contributed by atoms with Crippen molar-refractivity contribution >= 4 is 5.91 Å². The van der Waals surface area contributed by atoms with Crippen LogP contribution in [0.4, 0.5) is 0 Å². The molecule has 1 amide bonds. The second kappa shape index (κ2) is 6.50. The number of nitrogens with zero attached hydrogens (tertiary/aromatic N) is 1. The van der Waals surface area contributed by atoms with Crippen molar-refractivity contribution in [3.05, 3.63) is 0 Å². The van der Waals surface area contributed by atoms with Crippen LogP contribution in [0.3, 0.4) is 0 Å². The van der Waals surface area contributed by atoms with Crippen LogP contribution in [0.15, 0.2) is 0 Å². The maximum absolute atomic E-state index is 11.4. The standard InChI is InChI=1S/C13H25N3O2/c1-2-10-5-7-16(8-6-10)9-11-3-4-12(18-11)13(17)15-14/h10-12H,2-9,14H2,1H3,(H,15,17). The molecule has 3 N–H and O–H groups in total. The number of piperidine rings is 1. The van der Waals surface area contributed by atoms with E-state index in [0.717, 1.165) is 25.3 Å². The van der Waals surface area contributed by atoms with E-state index in [0.29, 0.717) is 0 Å². The van der Waals surface area contributed by atoms with Gasteiger partial charge in [0.15, 0.2) is 0 Å². The number of nitrogens with one attached hydrogen (secondary N) is 1. The third kappa shape index (κ3) is 3.43. The maximum atomic E-state index is 11.4. The SMILES string of the molecule is CCC1CCN(CC2CCC(C(=O)NN)O2)CC1. The van der Waals surface area contributed by atoms with Crippen molar-refractivity contribution in [1.29, 1.82) is 0 Å². The summed E-state index contributed by atoms with van der Waals surface area (Å²) in [7, 11) is 0. The van der Waals surface area contributed by atoms with Crippen LogP contribution < -0.4 is 11.3 Å². The predicted octanol–water partition coefficient (Wildman–Crippen LogP) is 0.646. The van der Waals surface area contributed by atoms with E-state index in [1.807, 2.05) is 0 Å². The minimum absolute atomic E-state index is 0.192. The fourth-order valence-electron chi connectivity index (χ4n) is 2.99. The summed E-state index contributed by atoms with van der Waals surface area (Å²) in [4.78, 5) is 13.8. The summed E-state index contributed by atoms with van der Waals surface area (Å²) in [5, 5.41) is 0. The third-order valence-electron chi connectivity index (χ3n) is 4.29. The highest BCUT2D eigenvalue weighted by Crippen LogP contribution is 2.24. The lowest BCUT2D eigenvalue weighted by Crippen LogP contribution is -2.41. The second-order valence-corrected chi connectivity index (χ2v) is 5.48. The lowest BCUT2D eigenvalue weighted by Gasteiger charge is -2.32. The minimum Gasteiger partial charge on any atom is -0.364 e. The van der Waals surface area contributed by atoms with Crippen LogP contribution in [0, 0.1) is 5.92 Å². The number of nitrogens with two attached hydrogens (primary N) is 1. The first-order valence-corrected chi connectivity index (χ1v) is 7.11. The fourth-order valence-corrected chi connectivity index (χ4v) is 2.99. The van der Waals surface area contributed by atoms with E-state index < -0.39 is 0 Å². The number of carbonyl (C=O) groups is 1. The van der Waals surface area contributed by atoms with Gasteiger partial charge in [-0.25, -0.2) is 5.84 Å². The fraction of sp³-hybridized carbons (Fsp3) is 0.923. The van der Waals surface area contributed by atoms with E-state index in [2.05, 4.69) is 17.2 Å². The lowest BCUT2D eigenvalue weighted by atomic mass is 9.94. The number of likely N-dealkylation sites (tertiary alicyclic amines) is 1. The van der Waals surface area contributed by atoms with Gasteiger partial charge in [0.25, 0.3) is 5.91 Å². The van der Waals surface area contributed by atoms with E-state index in [1.54, 1.807) is 0 Å². The van der Waals surface area contributed by atoms with Crippen molar-refractivity contribution < 1.29 is 9.53 Å². The molecular formula is C13H25N3O2. The third-order valence-corrected chi connectivity index (χ3v) is 4.29. The molecule has 2 aliphatic heterocycles. The van der Waals surface area contributed by atoms with Crippen molar-refractivity contribution in [2.75, 3.05) is 19.6 Å². The molecule has 0 radical (unpaired) electrons. The number of ether oxygens (including phenoxy) is 1. The molecule has 0 aromatic rings. The number of hydrazine groups is 1. The zero-order valence-electron chi connectivity index (χ0n) is 11.2. The highest BCUT2D eigenvalue weighted by molar-refractivity contribution is 5.80. The van der Waals surface area contributed by atoms with Gasteiger partial charge in [-0.1, -0.05) is 13.3 Å². The van der Waals surface area contributed by atoms with Crippen LogP contribution >= 0.6 is 0 Å². The molecule has 2 heterocycles. The van der Waals surface area contributed by atoms with Crippen LogP contribution in [0.2, 0.25) is 0 Å². The predicted molar refractivity (Wildman–Crippen MR) is 69.7 cm³/mol. The van der Waals surface area contributed by atoms with E-state index in [9.17, 15) is 4.79 Å². The van der Waals surface area contributed by atoms with Gasteiger partial charge in [-0.05, 0) is 44.7 Å². The molecule has 0 aliphatic carbocycles. The van der Waals surface area contributed by atoms with Crippen molar-refractivity contribution in [1.82, 2.24) is 10.3 Å². The second-order valence-electron chi connectivity index (χ2n) is 5.48. The van der Waals surface area contributed by atoms with Crippen LogP contribution in [-0.2, 0) is 9.53 Å². The first kappa shape index (κ1) is 13.8. The minimum atomic E-state index is -0.340. The van der Waals surface area contributed by atoms with Crippen molar-refractivity contribution in [3.63, 3.8) is 0 Å². The molecule has 2 fully saturated rings. The summed E-state index contributed by atoms with van der Waals surface area (Å²) >= 11 is 0. The van der Waals surface area contributed by atoms with Gasteiger partial charge in [0.1, 0.15) is 6.10 Å². The molecule has 0 aromatic carbocycles. The average Bonchev–Trinajstić information content (AvgIpc) is 2.87. The molecule has 2 aliphatic rings. The molecular weight excluding hydrogens is 230 g/mol. The maximum Gasteiger partial charge on any atom is 0.263 e. The zero-order valence-corrected chi connectivity index (χ0v) is 11.2. The Morgan fingerprint density at radius 2 is 2.06 bits per heavy atom. The van der Waals surface area contributed by atoms with Gasteiger partial charge < -0.3 is 9.64 Å². The van der Waals surface area contributed by atoms with Crippen LogP contribution in [0.25, 0.3) is 0 Å². The molecule has 18 heavy (non-hydrogen) atoms. The summed E-state index contributed by atoms with van der Waals surface area (Å²) in [5.41, 5.74) is 2.17. The quantitative estimate of drug-likeness (QED) is 0.439. The summed E-state index contributed by atoms with van der Waals surface area (Å²) in [6.07, 6.45) is 5.52. The number of hydrogen-bond acceptors (Lipinski definition) is 4. The average molecular weight is 255 g/mol. The van der Waals surface area contributed by atoms with Gasteiger partial charge in [0.2, 0.25) is 0 Å². The Balaban J connectivity index is 1.70. The molecule has 0 saturated carbocycles. The van der Waals surface area contributed by atoms with E-state index in [4.69, 9.17) is 10.6 Å². The van der Waals surface area contributed by atoms with Gasteiger partial charge in [-0.3, -0.25) is 10.2 Å². The van der Waals surface area contributed by atoms with Gasteiger partial charge in [-0.2, -0.15) is 0 Å². The molecule has 2 saturated heterocycles. The lowest BCUT2D eigenvalue weighted by molar-refractivity contribution is -0.132. The Kier molecular flexibility index (Phi) is 4.97. The summed E-state index contributed by atoms with van der Waals surface area (Å²) in [6.45, 7) is 5.58. The number of hydrogen-bond donors (Lipinski definition) is 2. The Morgan fingerprint density at radius 3 is 2.67 bits per heavy atom. The first-order valence-electron chi connectivity index (χ1n) is 7.11. The van der Waals surface area contributed by atoms with Crippen molar-refractivity contribution in [2.45, 2.75) is 51.2 Å².